The van der Waals surface area contributed by atoms with Crippen molar-refractivity contribution in [2.45, 2.75) is 38.1 Å². The van der Waals surface area contributed by atoms with E-state index in [0.717, 1.165) is 51.7 Å². The first kappa shape index (κ1) is 13.1. The van der Waals surface area contributed by atoms with Gasteiger partial charge < -0.3 is 10.6 Å². The van der Waals surface area contributed by atoms with Crippen LogP contribution in [0.3, 0.4) is 0 Å². The number of likely N-dealkylation sites (tertiary alicyclic amines) is 2. The minimum atomic E-state index is 0.107. The van der Waals surface area contributed by atoms with Crippen LogP contribution < -0.4 is 5.73 Å². The Labute approximate surface area is 114 Å². The molecule has 0 aromatic rings. The lowest BCUT2D eigenvalue weighted by molar-refractivity contribution is -0.156. The van der Waals surface area contributed by atoms with Gasteiger partial charge in [-0.1, -0.05) is 0 Å². The number of hydrogen-bond acceptors (Lipinski definition) is 4. The monoisotopic (exact) mass is 265 g/mol. The summed E-state index contributed by atoms with van der Waals surface area (Å²) in [4.78, 5) is 28.7. The van der Waals surface area contributed by atoms with Crippen LogP contribution in [0.25, 0.3) is 0 Å². The van der Waals surface area contributed by atoms with Crippen molar-refractivity contribution in [3.8, 4) is 0 Å². The van der Waals surface area contributed by atoms with Crippen LogP contribution in [0.5, 0.6) is 0 Å². The first-order valence-electron chi connectivity index (χ1n) is 7.50. The lowest BCUT2D eigenvalue weighted by atomic mass is 9.92. The summed E-state index contributed by atoms with van der Waals surface area (Å²) in [5.74, 6) is 0.474. The Morgan fingerprint density at radius 2 is 1.58 bits per heavy atom. The van der Waals surface area contributed by atoms with Crippen molar-refractivity contribution in [3.63, 3.8) is 0 Å². The molecule has 0 spiro atoms. The van der Waals surface area contributed by atoms with E-state index in [1.54, 1.807) is 4.90 Å². The number of hydrogen-bond donors (Lipinski definition) is 1. The molecule has 1 aliphatic carbocycles. The number of nitrogens with zero attached hydrogens (tertiary/aromatic N) is 2. The highest BCUT2D eigenvalue weighted by Crippen LogP contribution is 2.39. The van der Waals surface area contributed by atoms with Gasteiger partial charge >= 0.3 is 0 Å². The second-order valence-corrected chi connectivity index (χ2v) is 6.11. The summed E-state index contributed by atoms with van der Waals surface area (Å²) in [6.07, 6.45) is 4.46. The molecule has 2 amide bonds. The Morgan fingerprint density at radius 1 is 1.00 bits per heavy atom. The predicted molar refractivity (Wildman–Crippen MR) is 71.2 cm³/mol. The summed E-state index contributed by atoms with van der Waals surface area (Å²) in [6.45, 7) is 3.50. The van der Waals surface area contributed by atoms with Gasteiger partial charge in [-0.25, -0.2) is 0 Å². The Balaban J connectivity index is 1.66. The van der Waals surface area contributed by atoms with E-state index in [9.17, 15) is 9.59 Å². The number of carbonyl (C=O) groups excluding carboxylic acids is 2. The van der Waals surface area contributed by atoms with Crippen LogP contribution in [0.4, 0.5) is 0 Å². The first-order valence-corrected chi connectivity index (χ1v) is 7.50. The van der Waals surface area contributed by atoms with Gasteiger partial charge in [0.1, 0.15) is 0 Å². The maximum atomic E-state index is 12.4. The van der Waals surface area contributed by atoms with Gasteiger partial charge in [-0.15, -0.1) is 0 Å². The molecule has 0 radical (unpaired) electrons. The third-order valence-electron chi connectivity index (χ3n) is 4.97. The molecule has 0 aromatic heterocycles. The van der Waals surface area contributed by atoms with Crippen LogP contribution >= 0.6 is 0 Å². The van der Waals surface area contributed by atoms with Crippen LogP contribution in [0.1, 0.15) is 32.1 Å². The van der Waals surface area contributed by atoms with E-state index in [1.807, 2.05) is 0 Å². The molecule has 2 bridgehead atoms. The van der Waals surface area contributed by atoms with E-state index in [1.165, 1.54) is 0 Å². The lowest BCUT2D eigenvalue weighted by Crippen LogP contribution is -2.55. The molecule has 2 N–H and O–H groups in total. The van der Waals surface area contributed by atoms with Crippen molar-refractivity contribution >= 4 is 11.8 Å². The number of piperidine rings is 2. The first-order chi connectivity index (χ1) is 9.20. The molecule has 1 saturated carbocycles. The Kier molecular flexibility index (Phi) is 3.58. The normalized spacial score (nSPS) is 33.2. The van der Waals surface area contributed by atoms with E-state index in [4.69, 9.17) is 5.73 Å². The molecule has 2 saturated heterocycles. The number of fused-ring (bicyclic) bond motifs is 2. The number of rotatable bonds is 3. The Morgan fingerprint density at radius 3 is 2.11 bits per heavy atom. The van der Waals surface area contributed by atoms with E-state index in [0.29, 0.717) is 6.54 Å². The van der Waals surface area contributed by atoms with Crippen LogP contribution in [-0.4, -0.2) is 53.8 Å². The predicted octanol–water partition coefficient (Wildman–Crippen LogP) is 0.195. The average Bonchev–Trinajstić information content (AvgIpc) is 2.86. The summed E-state index contributed by atoms with van der Waals surface area (Å²) in [7, 11) is 0. The number of carbonyl (C=O) groups is 2. The molecule has 3 rings (SSSR count). The minimum absolute atomic E-state index is 0.107. The molecular formula is C14H23N3O2. The van der Waals surface area contributed by atoms with E-state index >= 15 is 0 Å². The maximum absolute atomic E-state index is 12.4. The zero-order valence-corrected chi connectivity index (χ0v) is 11.4. The molecule has 5 nitrogen and oxygen atoms in total. The second-order valence-electron chi connectivity index (χ2n) is 6.11. The van der Waals surface area contributed by atoms with Crippen LogP contribution in [-0.2, 0) is 9.59 Å². The molecule has 3 aliphatic rings. The third kappa shape index (κ3) is 2.30. The quantitative estimate of drug-likeness (QED) is 0.740. The van der Waals surface area contributed by atoms with Gasteiger partial charge in [-0.2, -0.15) is 0 Å². The van der Waals surface area contributed by atoms with Crippen molar-refractivity contribution in [1.82, 2.24) is 9.80 Å². The summed E-state index contributed by atoms with van der Waals surface area (Å²) in [6, 6.07) is 0.137. The molecule has 3 fully saturated rings. The summed E-state index contributed by atoms with van der Waals surface area (Å²) in [5, 5.41) is 0. The maximum Gasteiger partial charge on any atom is 0.232 e. The fraction of sp³-hybridized carbons (Fsp3) is 0.857. The molecule has 2 heterocycles. The molecule has 2 atom stereocenters. The van der Waals surface area contributed by atoms with Crippen LogP contribution in [0.15, 0.2) is 0 Å². The number of amides is 2. The number of imide groups is 1. The molecule has 2 unspecified atom stereocenters. The van der Waals surface area contributed by atoms with Gasteiger partial charge in [0, 0.05) is 44.1 Å². The molecule has 2 aliphatic heterocycles. The highest BCUT2D eigenvalue weighted by molar-refractivity contribution is 6.01. The van der Waals surface area contributed by atoms with Crippen LogP contribution in [0, 0.1) is 11.8 Å². The molecule has 106 valence electrons. The van der Waals surface area contributed by atoms with Gasteiger partial charge in [-0.3, -0.25) is 14.5 Å². The Hall–Kier alpha value is -0.940. The molecular weight excluding hydrogens is 242 g/mol. The van der Waals surface area contributed by atoms with Gasteiger partial charge in [0.2, 0.25) is 11.8 Å². The smallest absolute Gasteiger partial charge is 0.232 e. The number of nitrogens with two attached hydrogens (primary N) is 1. The van der Waals surface area contributed by atoms with Gasteiger partial charge in [0.15, 0.2) is 0 Å². The van der Waals surface area contributed by atoms with Gasteiger partial charge in [0.25, 0.3) is 0 Å². The highest BCUT2D eigenvalue weighted by Gasteiger charge is 2.47. The second kappa shape index (κ2) is 5.21. The van der Waals surface area contributed by atoms with Gasteiger partial charge in [0.05, 0.1) is 0 Å². The van der Waals surface area contributed by atoms with Crippen molar-refractivity contribution < 1.29 is 9.59 Å². The summed E-state index contributed by atoms with van der Waals surface area (Å²) >= 11 is 0. The van der Waals surface area contributed by atoms with Crippen LogP contribution in [0.2, 0.25) is 0 Å². The largest absolute Gasteiger partial charge is 0.329 e. The zero-order valence-electron chi connectivity index (χ0n) is 11.4. The van der Waals surface area contributed by atoms with Crippen molar-refractivity contribution in [1.29, 1.82) is 0 Å². The minimum Gasteiger partial charge on any atom is -0.329 e. The molecule has 19 heavy (non-hydrogen) atoms. The average molecular weight is 265 g/mol. The Bertz CT molecular complexity index is 355. The van der Waals surface area contributed by atoms with Crippen molar-refractivity contribution in [2.24, 2.45) is 17.6 Å². The van der Waals surface area contributed by atoms with Crippen molar-refractivity contribution in [2.75, 3.05) is 26.2 Å². The molecule has 0 aromatic carbocycles. The summed E-state index contributed by atoms with van der Waals surface area (Å²) < 4.78 is 0. The SMILES string of the molecule is NCCN1CCC(N2C(=O)C3CCC(C3)C2=O)CC1. The zero-order chi connectivity index (χ0) is 13.4. The topological polar surface area (TPSA) is 66.6 Å². The standard InChI is InChI=1S/C14H23N3O2/c15-5-8-16-6-3-12(4-7-16)17-13(18)10-1-2-11(9-10)14(17)19/h10-12H,1-9,15H2. The third-order valence-corrected chi connectivity index (χ3v) is 4.97. The lowest BCUT2D eigenvalue weighted by Gasteiger charge is -2.40. The van der Waals surface area contributed by atoms with E-state index < -0.39 is 0 Å². The summed E-state index contributed by atoms with van der Waals surface area (Å²) in [5.41, 5.74) is 5.57. The van der Waals surface area contributed by atoms with Gasteiger partial charge in [-0.05, 0) is 32.1 Å². The fourth-order valence-corrected chi connectivity index (χ4v) is 3.88. The van der Waals surface area contributed by atoms with E-state index in [2.05, 4.69) is 4.90 Å². The van der Waals surface area contributed by atoms with Crippen molar-refractivity contribution in [3.05, 3.63) is 0 Å². The highest BCUT2D eigenvalue weighted by atomic mass is 16.2. The molecule has 5 heteroatoms. The van der Waals surface area contributed by atoms with E-state index in [-0.39, 0.29) is 29.7 Å². The fourth-order valence-electron chi connectivity index (χ4n) is 3.88.